The van der Waals surface area contributed by atoms with Crippen LogP contribution in [0.15, 0.2) is 24.3 Å². The van der Waals surface area contributed by atoms with E-state index in [1.54, 1.807) is 0 Å². The topological polar surface area (TPSA) is 55.1 Å². The summed E-state index contributed by atoms with van der Waals surface area (Å²) in [6, 6.07) is 7.56. The summed E-state index contributed by atoms with van der Waals surface area (Å²) >= 11 is 6.01. The zero-order valence-electron chi connectivity index (χ0n) is 12.9. The van der Waals surface area contributed by atoms with Crippen molar-refractivity contribution in [3.63, 3.8) is 0 Å². The van der Waals surface area contributed by atoms with Gasteiger partial charge in [0.25, 0.3) is 0 Å². The average Bonchev–Trinajstić information content (AvgIpc) is 2.48. The summed E-state index contributed by atoms with van der Waals surface area (Å²) in [4.78, 5) is 12.7. The molecule has 1 saturated carbocycles. The minimum Gasteiger partial charge on any atom is -0.349 e. The minimum absolute atomic E-state index is 0.0565. The van der Waals surface area contributed by atoms with Crippen LogP contribution in [0.3, 0.4) is 0 Å². The second kappa shape index (κ2) is 6.80. The number of nitrogens with one attached hydrogen (secondary N) is 1. The Morgan fingerprint density at radius 2 is 2.14 bits per heavy atom. The Labute approximate surface area is 132 Å². The molecule has 1 aliphatic rings. The van der Waals surface area contributed by atoms with E-state index in [2.05, 4.69) is 12.2 Å². The highest BCUT2D eigenvalue weighted by atomic mass is 35.5. The largest absolute Gasteiger partial charge is 0.349 e. The van der Waals surface area contributed by atoms with E-state index < -0.39 is 0 Å². The van der Waals surface area contributed by atoms with Crippen molar-refractivity contribution in [3.8, 4) is 0 Å². The molecule has 0 aliphatic heterocycles. The van der Waals surface area contributed by atoms with Gasteiger partial charge in [-0.05, 0) is 56.2 Å². The molecule has 1 aliphatic carbocycles. The van der Waals surface area contributed by atoms with E-state index in [4.69, 9.17) is 17.3 Å². The fraction of sp³-hybridized carbons (Fsp3) is 0.588. The first-order valence-corrected chi connectivity index (χ1v) is 8.11. The monoisotopic (exact) mass is 308 g/mol. The first kappa shape index (κ1) is 16.3. The third-order valence-corrected chi connectivity index (χ3v) is 5.04. The number of benzene rings is 1. The Kier molecular flexibility index (Phi) is 5.28. The van der Waals surface area contributed by atoms with Crippen molar-refractivity contribution >= 4 is 17.5 Å². The average molecular weight is 309 g/mol. The first-order chi connectivity index (χ1) is 9.97. The van der Waals surface area contributed by atoms with Crippen LogP contribution in [0, 0.1) is 11.3 Å². The van der Waals surface area contributed by atoms with Crippen molar-refractivity contribution in [2.45, 2.75) is 45.6 Å². The lowest BCUT2D eigenvalue weighted by atomic mass is 9.70. The van der Waals surface area contributed by atoms with Gasteiger partial charge in [0.1, 0.15) is 0 Å². The minimum atomic E-state index is -0.390. The van der Waals surface area contributed by atoms with Crippen LogP contribution in [-0.4, -0.2) is 12.5 Å². The summed E-state index contributed by atoms with van der Waals surface area (Å²) in [7, 11) is 0. The molecule has 21 heavy (non-hydrogen) atoms. The quantitative estimate of drug-likeness (QED) is 0.891. The van der Waals surface area contributed by atoms with E-state index in [0.717, 1.165) is 31.2 Å². The van der Waals surface area contributed by atoms with E-state index in [0.29, 0.717) is 17.5 Å². The van der Waals surface area contributed by atoms with Crippen LogP contribution in [0.4, 0.5) is 0 Å². The molecular formula is C17H25ClN2O. The lowest BCUT2D eigenvalue weighted by Crippen LogP contribution is -2.48. The van der Waals surface area contributed by atoms with Crippen molar-refractivity contribution < 1.29 is 4.79 Å². The van der Waals surface area contributed by atoms with Gasteiger partial charge in [-0.1, -0.05) is 30.7 Å². The molecule has 116 valence electrons. The fourth-order valence-electron chi connectivity index (χ4n) is 3.05. The van der Waals surface area contributed by atoms with Gasteiger partial charge in [0.05, 0.1) is 11.5 Å². The molecule has 1 atom stereocenters. The predicted octanol–water partition coefficient (Wildman–Crippen LogP) is 3.67. The lowest BCUT2D eigenvalue weighted by Gasteiger charge is -2.38. The van der Waals surface area contributed by atoms with Crippen molar-refractivity contribution in [1.82, 2.24) is 5.32 Å². The van der Waals surface area contributed by atoms with Crippen LogP contribution >= 0.6 is 11.6 Å². The molecule has 0 radical (unpaired) electrons. The number of carbonyl (C=O) groups is 1. The van der Waals surface area contributed by atoms with E-state index in [1.807, 2.05) is 31.2 Å². The first-order valence-electron chi connectivity index (χ1n) is 7.73. The number of hydrogen-bond donors (Lipinski definition) is 2. The SMILES string of the molecule is CC1CCC(CN)(C(=O)NC(C)c2cccc(Cl)c2)CC1. The van der Waals surface area contributed by atoms with Gasteiger partial charge in [-0.15, -0.1) is 0 Å². The maximum Gasteiger partial charge on any atom is 0.227 e. The number of rotatable bonds is 4. The Bertz CT molecular complexity index is 495. The number of halogens is 1. The smallest absolute Gasteiger partial charge is 0.227 e. The zero-order valence-corrected chi connectivity index (χ0v) is 13.6. The molecule has 1 unspecified atom stereocenters. The highest BCUT2D eigenvalue weighted by molar-refractivity contribution is 6.30. The van der Waals surface area contributed by atoms with Gasteiger partial charge in [-0.3, -0.25) is 4.79 Å². The molecule has 2 rings (SSSR count). The second-order valence-corrected chi connectivity index (χ2v) is 6.85. The van der Waals surface area contributed by atoms with Gasteiger partial charge in [0, 0.05) is 11.6 Å². The third-order valence-electron chi connectivity index (χ3n) is 4.80. The Balaban J connectivity index is 2.05. The van der Waals surface area contributed by atoms with E-state index in [-0.39, 0.29) is 17.4 Å². The normalized spacial score (nSPS) is 27.1. The number of nitrogens with two attached hydrogens (primary N) is 1. The summed E-state index contributed by atoms with van der Waals surface area (Å²) in [5, 5.41) is 3.81. The van der Waals surface area contributed by atoms with Gasteiger partial charge in [-0.2, -0.15) is 0 Å². The molecule has 1 amide bonds. The molecule has 3 nitrogen and oxygen atoms in total. The second-order valence-electron chi connectivity index (χ2n) is 6.42. The van der Waals surface area contributed by atoms with E-state index in [9.17, 15) is 4.79 Å². The van der Waals surface area contributed by atoms with Crippen molar-refractivity contribution in [3.05, 3.63) is 34.9 Å². The lowest BCUT2D eigenvalue weighted by molar-refractivity contribution is -0.133. The highest BCUT2D eigenvalue weighted by Crippen LogP contribution is 2.38. The van der Waals surface area contributed by atoms with E-state index in [1.165, 1.54) is 0 Å². The molecular weight excluding hydrogens is 284 g/mol. The Morgan fingerprint density at radius 3 is 2.71 bits per heavy atom. The Hall–Kier alpha value is -1.06. The predicted molar refractivity (Wildman–Crippen MR) is 87.1 cm³/mol. The number of amides is 1. The van der Waals surface area contributed by atoms with Gasteiger partial charge in [0.15, 0.2) is 0 Å². The summed E-state index contributed by atoms with van der Waals surface area (Å²) in [5.41, 5.74) is 6.57. The van der Waals surface area contributed by atoms with Crippen molar-refractivity contribution in [1.29, 1.82) is 0 Å². The molecule has 0 aromatic heterocycles. The third kappa shape index (κ3) is 3.78. The molecule has 3 N–H and O–H groups in total. The van der Waals surface area contributed by atoms with Gasteiger partial charge < -0.3 is 11.1 Å². The maximum absolute atomic E-state index is 12.7. The molecule has 0 bridgehead atoms. The van der Waals surface area contributed by atoms with Gasteiger partial charge in [0.2, 0.25) is 5.91 Å². The summed E-state index contributed by atoms with van der Waals surface area (Å²) in [6.07, 6.45) is 3.93. The van der Waals surface area contributed by atoms with Crippen LogP contribution in [0.2, 0.25) is 5.02 Å². The number of hydrogen-bond acceptors (Lipinski definition) is 2. The standard InChI is InChI=1S/C17H25ClN2O/c1-12-6-8-17(11-19,9-7-12)16(21)20-13(2)14-4-3-5-15(18)10-14/h3-5,10,12-13H,6-9,11,19H2,1-2H3,(H,20,21). The highest BCUT2D eigenvalue weighted by Gasteiger charge is 2.40. The zero-order chi connectivity index (χ0) is 15.5. The number of carbonyl (C=O) groups excluding carboxylic acids is 1. The molecule has 1 fully saturated rings. The molecule has 0 saturated heterocycles. The molecule has 0 spiro atoms. The van der Waals surface area contributed by atoms with Crippen LogP contribution in [0.1, 0.15) is 51.1 Å². The molecule has 0 heterocycles. The van der Waals surface area contributed by atoms with Gasteiger partial charge in [-0.25, -0.2) is 0 Å². The maximum atomic E-state index is 12.7. The molecule has 1 aromatic carbocycles. The summed E-state index contributed by atoms with van der Waals surface area (Å²) < 4.78 is 0. The van der Waals surface area contributed by atoms with Crippen molar-refractivity contribution in [2.24, 2.45) is 17.1 Å². The summed E-state index contributed by atoms with van der Waals surface area (Å²) in [6.45, 7) is 4.65. The van der Waals surface area contributed by atoms with Crippen LogP contribution in [0.25, 0.3) is 0 Å². The van der Waals surface area contributed by atoms with Crippen molar-refractivity contribution in [2.75, 3.05) is 6.54 Å². The fourth-order valence-corrected chi connectivity index (χ4v) is 3.25. The summed E-state index contributed by atoms with van der Waals surface area (Å²) in [5.74, 6) is 0.784. The van der Waals surface area contributed by atoms with Crippen LogP contribution < -0.4 is 11.1 Å². The van der Waals surface area contributed by atoms with E-state index >= 15 is 0 Å². The molecule has 4 heteroatoms. The van der Waals surface area contributed by atoms with Crippen LogP contribution in [0.5, 0.6) is 0 Å². The van der Waals surface area contributed by atoms with Crippen LogP contribution in [-0.2, 0) is 4.79 Å². The molecule has 1 aromatic rings. The Morgan fingerprint density at radius 1 is 1.48 bits per heavy atom. The van der Waals surface area contributed by atoms with Gasteiger partial charge >= 0.3 is 0 Å².